The van der Waals surface area contributed by atoms with Crippen LogP contribution in [-0.4, -0.2) is 11.0 Å². The van der Waals surface area contributed by atoms with Gasteiger partial charge in [0.1, 0.15) is 0 Å². The number of hydrogen-bond acceptors (Lipinski definition) is 3. The molecule has 1 atom stereocenters. The molecule has 1 aromatic rings. The Morgan fingerprint density at radius 1 is 1.38 bits per heavy atom. The molecule has 0 aliphatic rings. The zero-order valence-electron chi connectivity index (χ0n) is 9.68. The van der Waals surface area contributed by atoms with Crippen molar-refractivity contribution in [2.24, 2.45) is 0 Å². The molecule has 1 unspecified atom stereocenters. The van der Waals surface area contributed by atoms with Crippen LogP contribution in [0.1, 0.15) is 32.3 Å². The monoisotopic (exact) mass is 223 g/mol. The molecule has 0 heterocycles. The van der Waals surface area contributed by atoms with Gasteiger partial charge in [-0.15, -0.1) is 0 Å². The van der Waals surface area contributed by atoms with Crippen molar-refractivity contribution in [2.45, 2.75) is 39.4 Å². The standard InChI is InChI=1S/C12H17NO3/c1-3-4-10(2)16-9-11-5-7-12(8-6-11)13(14)15/h5-8,10H,3-4,9H2,1-2H3. The molecule has 1 aromatic carbocycles. The first-order chi connectivity index (χ1) is 7.63. The fraction of sp³-hybridized carbons (Fsp3) is 0.500. The van der Waals surface area contributed by atoms with Gasteiger partial charge < -0.3 is 4.74 Å². The van der Waals surface area contributed by atoms with Crippen LogP contribution in [0.3, 0.4) is 0 Å². The summed E-state index contributed by atoms with van der Waals surface area (Å²) in [6.45, 7) is 4.67. The molecule has 0 amide bonds. The lowest BCUT2D eigenvalue weighted by Crippen LogP contribution is -2.07. The number of nitrogens with zero attached hydrogens (tertiary/aromatic N) is 1. The zero-order valence-corrected chi connectivity index (χ0v) is 9.68. The molecule has 0 N–H and O–H groups in total. The first-order valence-electron chi connectivity index (χ1n) is 5.48. The molecule has 16 heavy (non-hydrogen) atoms. The highest BCUT2D eigenvalue weighted by molar-refractivity contribution is 5.32. The fourth-order valence-corrected chi connectivity index (χ4v) is 1.44. The summed E-state index contributed by atoms with van der Waals surface area (Å²) in [6.07, 6.45) is 2.37. The lowest BCUT2D eigenvalue weighted by Gasteiger charge is -2.11. The average molecular weight is 223 g/mol. The minimum atomic E-state index is -0.398. The molecular weight excluding hydrogens is 206 g/mol. The van der Waals surface area contributed by atoms with Crippen LogP contribution in [0.2, 0.25) is 0 Å². The van der Waals surface area contributed by atoms with E-state index in [-0.39, 0.29) is 11.8 Å². The van der Waals surface area contributed by atoms with E-state index in [1.165, 1.54) is 12.1 Å². The Morgan fingerprint density at radius 2 is 2.00 bits per heavy atom. The average Bonchev–Trinajstić information content (AvgIpc) is 2.27. The van der Waals surface area contributed by atoms with Crippen LogP contribution in [0.15, 0.2) is 24.3 Å². The van der Waals surface area contributed by atoms with Crippen LogP contribution in [0.25, 0.3) is 0 Å². The van der Waals surface area contributed by atoms with Crippen molar-refractivity contribution in [3.05, 3.63) is 39.9 Å². The van der Waals surface area contributed by atoms with E-state index in [1.807, 2.05) is 6.92 Å². The molecule has 4 nitrogen and oxygen atoms in total. The molecule has 0 saturated heterocycles. The van der Waals surface area contributed by atoms with Gasteiger partial charge in [0.05, 0.1) is 17.6 Å². The molecule has 0 aromatic heterocycles. The van der Waals surface area contributed by atoms with Gasteiger partial charge in [0.15, 0.2) is 0 Å². The molecule has 0 aliphatic heterocycles. The van der Waals surface area contributed by atoms with Crippen molar-refractivity contribution in [1.82, 2.24) is 0 Å². The molecule has 0 fully saturated rings. The summed E-state index contributed by atoms with van der Waals surface area (Å²) in [5.74, 6) is 0. The molecule has 88 valence electrons. The van der Waals surface area contributed by atoms with E-state index >= 15 is 0 Å². The van der Waals surface area contributed by atoms with E-state index in [0.717, 1.165) is 18.4 Å². The summed E-state index contributed by atoms with van der Waals surface area (Å²) < 4.78 is 5.60. The van der Waals surface area contributed by atoms with Crippen LogP contribution >= 0.6 is 0 Å². The number of nitro benzene ring substituents is 1. The highest BCUT2D eigenvalue weighted by atomic mass is 16.6. The van der Waals surface area contributed by atoms with Crippen molar-refractivity contribution in [3.8, 4) is 0 Å². The Kier molecular flexibility index (Phi) is 4.92. The third-order valence-electron chi connectivity index (χ3n) is 2.38. The summed E-state index contributed by atoms with van der Waals surface area (Å²) in [6, 6.07) is 6.47. The van der Waals surface area contributed by atoms with Gasteiger partial charge in [0.2, 0.25) is 0 Å². The minimum absolute atomic E-state index is 0.116. The summed E-state index contributed by atoms with van der Waals surface area (Å²) in [7, 11) is 0. The zero-order chi connectivity index (χ0) is 12.0. The van der Waals surface area contributed by atoms with Crippen LogP contribution in [0, 0.1) is 10.1 Å². The SMILES string of the molecule is CCCC(C)OCc1ccc([N+](=O)[O-])cc1. The quantitative estimate of drug-likeness (QED) is 0.549. The van der Waals surface area contributed by atoms with Crippen molar-refractivity contribution in [1.29, 1.82) is 0 Å². The van der Waals surface area contributed by atoms with E-state index in [4.69, 9.17) is 4.74 Å². The smallest absolute Gasteiger partial charge is 0.269 e. The number of non-ortho nitro benzene ring substituents is 1. The van der Waals surface area contributed by atoms with Crippen molar-refractivity contribution in [3.63, 3.8) is 0 Å². The maximum absolute atomic E-state index is 10.4. The maximum Gasteiger partial charge on any atom is 0.269 e. The molecule has 0 spiro atoms. The summed E-state index contributed by atoms with van der Waals surface area (Å²) in [5, 5.41) is 10.4. The van der Waals surface area contributed by atoms with Gasteiger partial charge in [0.25, 0.3) is 5.69 Å². The normalized spacial score (nSPS) is 12.4. The van der Waals surface area contributed by atoms with Gasteiger partial charge in [-0.2, -0.15) is 0 Å². The fourth-order valence-electron chi connectivity index (χ4n) is 1.44. The summed E-state index contributed by atoms with van der Waals surface area (Å²) in [4.78, 5) is 10.0. The number of rotatable bonds is 6. The Morgan fingerprint density at radius 3 is 2.50 bits per heavy atom. The third kappa shape index (κ3) is 3.98. The van der Waals surface area contributed by atoms with Gasteiger partial charge in [-0.1, -0.05) is 13.3 Å². The lowest BCUT2D eigenvalue weighted by atomic mass is 10.2. The van der Waals surface area contributed by atoms with Crippen LogP contribution in [-0.2, 0) is 11.3 Å². The van der Waals surface area contributed by atoms with Crippen LogP contribution < -0.4 is 0 Å². The molecule has 4 heteroatoms. The lowest BCUT2D eigenvalue weighted by molar-refractivity contribution is -0.384. The first-order valence-corrected chi connectivity index (χ1v) is 5.48. The van der Waals surface area contributed by atoms with E-state index in [2.05, 4.69) is 6.92 Å². The highest BCUT2D eigenvalue weighted by Gasteiger charge is 2.05. The van der Waals surface area contributed by atoms with E-state index in [0.29, 0.717) is 6.61 Å². The molecule has 0 aliphatic carbocycles. The summed E-state index contributed by atoms with van der Waals surface area (Å²) in [5.41, 5.74) is 1.08. The van der Waals surface area contributed by atoms with E-state index in [9.17, 15) is 10.1 Å². The van der Waals surface area contributed by atoms with Gasteiger partial charge >= 0.3 is 0 Å². The molecule has 1 rings (SSSR count). The molecule has 0 bridgehead atoms. The van der Waals surface area contributed by atoms with Crippen molar-refractivity contribution in [2.75, 3.05) is 0 Å². The molecule has 0 saturated carbocycles. The highest BCUT2D eigenvalue weighted by Crippen LogP contribution is 2.13. The Labute approximate surface area is 95.4 Å². The van der Waals surface area contributed by atoms with Crippen molar-refractivity contribution >= 4 is 5.69 Å². The number of ether oxygens (including phenoxy) is 1. The Bertz CT molecular complexity index is 335. The maximum atomic E-state index is 10.4. The second-order valence-electron chi connectivity index (χ2n) is 3.83. The largest absolute Gasteiger partial charge is 0.374 e. The van der Waals surface area contributed by atoms with Gasteiger partial charge in [-0.05, 0) is 31.0 Å². The van der Waals surface area contributed by atoms with Crippen LogP contribution in [0.5, 0.6) is 0 Å². The molecular formula is C12H17NO3. The number of benzene rings is 1. The topological polar surface area (TPSA) is 52.4 Å². The second kappa shape index (κ2) is 6.23. The molecule has 0 radical (unpaired) electrons. The first kappa shape index (κ1) is 12.6. The minimum Gasteiger partial charge on any atom is -0.374 e. The van der Waals surface area contributed by atoms with Gasteiger partial charge in [-0.25, -0.2) is 0 Å². The predicted octanol–water partition coefficient (Wildman–Crippen LogP) is 3.30. The summed E-state index contributed by atoms with van der Waals surface area (Å²) >= 11 is 0. The predicted molar refractivity (Wildman–Crippen MR) is 62.3 cm³/mol. The Hall–Kier alpha value is -1.42. The number of nitro groups is 1. The van der Waals surface area contributed by atoms with Gasteiger partial charge in [0, 0.05) is 12.1 Å². The van der Waals surface area contributed by atoms with Gasteiger partial charge in [-0.3, -0.25) is 10.1 Å². The second-order valence-corrected chi connectivity index (χ2v) is 3.83. The van der Waals surface area contributed by atoms with E-state index in [1.54, 1.807) is 12.1 Å². The van der Waals surface area contributed by atoms with Crippen molar-refractivity contribution < 1.29 is 9.66 Å². The third-order valence-corrected chi connectivity index (χ3v) is 2.38. The van der Waals surface area contributed by atoms with E-state index < -0.39 is 4.92 Å². The van der Waals surface area contributed by atoms with Crippen LogP contribution in [0.4, 0.5) is 5.69 Å². The number of hydrogen-bond donors (Lipinski definition) is 0. The Balaban J connectivity index is 2.46.